The lowest BCUT2D eigenvalue weighted by Gasteiger charge is -2.42. The first kappa shape index (κ1) is 30.1. The molecule has 4 amide bonds. The van der Waals surface area contributed by atoms with Crippen LogP contribution >= 0.6 is 11.3 Å². The van der Waals surface area contributed by atoms with Crippen molar-refractivity contribution in [1.82, 2.24) is 19.9 Å². The Labute approximate surface area is 230 Å². The van der Waals surface area contributed by atoms with E-state index in [4.69, 9.17) is 20.9 Å². The molecule has 19 heteroatoms. The molecule has 1 aromatic heterocycles. The van der Waals surface area contributed by atoms with E-state index in [2.05, 4.69) is 20.8 Å². The van der Waals surface area contributed by atoms with Gasteiger partial charge >= 0.3 is 10.3 Å². The van der Waals surface area contributed by atoms with Crippen molar-refractivity contribution in [1.29, 1.82) is 0 Å². The van der Waals surface area contributed by atoms with Crippen molar-refractivity contribution in [2.45, 2.75) is 44.5 Å². The number of aromatic nitrogens is 1. The molecule has 216 valence electrons. The van der Waals surface area contributed by atoms with E-state index < -0.39 is 74.9 Å². The number of anilines is 1. The summed E-state index contributed by atoms with van der Waals surface area (Å²) in [4.78, 5) is 59.5. The Balaban J connectivity index is 1.82. The molecule has 40 heavy (non-hydrogen) atoms. The second-order valence-electron chi connectivity index (χ2n) is 8.97. The molecule has 1 aliphatic heterocycles. The van der Waals surface area contributed by atoms with Gasteiger partial charge in [0.1, 0.15) is 17.8 Å². The molecule has 3 rings (SSSR count). The van der Waals surface area contributed by atoms with Crippen LogP contribution in [0.5, 0.6) is 11.5 Å². The monoisotopic (exact) mass is 599 g/mol. The normalized spacial score (nSPS) is 18.4. The molecule has 0 bridgehead atoms. The van der Waals surface area contributed by atoms with Crippen molar-refractivity contribution in [3.63, 3.8) is 0 Å². The summed E-state index contributed by atoms with van der Waals surface area (Å²) in [5, 5.41) is 28.9. The number of thiazole rings is 1. The molecule has 0 spiro atoms. The zero-order valence-electron chi connectivity index (χ0n) is 21.1. The molecule has 2 heterocycles. The number of nitrogen functional groups attached to an aromatic ring is 1. The maximum absolute atomic E-state index is 13.0. The SMILES string of the molecule is C[C@H]1[C@H](NC(=O)C(=NOC(C)(C)C(=O)NC(C(N)=O)c2ccc(O)c(O)c2)c2csc(N)n2)C(=O)N1S(=O)(=O)O. The third-order valence-corrected chi connectivity index (χ3v) is 7.34. The lowest BCUT2D eigenvalue weighted by Crippen LogP contribution is -2.71. The van der Waals surface area contributed by atoms with Crippen LogP contribution in [0, 0.1) is 0 Å². The number of hydrogen-bond acceptors (Lipinski definition) is 13. The second-order valence-corrected chi connectivity index (χ2v) is 11.2. The van der Waals surface area contributed by atoms with E-state index in [1.165, 1.54) is 32.2 Å². The number of hydrogen-bond donors (Lipinski definition) is 7. The Morgan fingerprint density at radius 3 is 2.40 bits per heavy atom. The Morgan fingerprint density at radius 2 is 1.90 bits per heavy atom. The summed E-state index contributed by atoms with van der Waals surface area (Å²) in [7, 11) is -4.84. The zero-order chi connectivity index (χ0) is 30.2. The van der Waals surface area contributed by atoms with Gasteiger partial charge in [-0.2, -0.15) is 8.42 Å². The standard InChI is InChI=1S/C21H25N7O10S2/c1-8-13(18(33)28(8)40(35,36)37)25-17(32)15(10-7-39-20(23)24-10)27-38-21(2,3)19(34)26-14(16(22)31)9-4-5-11(29)12(30)6-9/h4-8,13-14,29-30H,1-3H3,(H2,22,31)(H2,23,24)(H,25,32)(H,26,34)(H,35,36,37)/t8-,13-,14?/m0/s1. The molecule has 1 fully saturated rings. The van der Waals surface area contributed by atoms with E-state index in [1.54, 1.807) is 0 Å². The van der Waals surface area contributed by atoms with Crippen LogP contribution in [0.15, 0.2) is 28.7 Å². The fourth-order valence-electron chi connectivity index (χ4n) is 3.46. The molecule has 1 saturated heterocycles. The number of carbonyl (C=O) groups excluding carboxylic acids is 4. The van der Waals surface area contributed by atoms with E-state index in [0.717, 1.165) is 23.5 Å². The van der Waals surface area contributed by atoms with E-state index in [-0.39, 0.29) is 20.7 Å². The lowest BCUT2D eigenvalue weighted by molar-refractivity contribution is -0.145. The summed E-state index contributed by atoms with van der Waals surface area (Å²) in [6, 6.07) is -0.558. The summed E-state index contributed by atoms with van der Waals surface area (Å²) >= 11 is 0.938. The summed E-state index contributed by atoms with van der Waals surface area (Å²) in [6.07, 6.45) is 0. The largest absolute Gasteiger partial charge is 0.504 e. The number of phenols is 2. The van der Waals surface area contributed by atoms with Crippen LogP contribution in [0.3, 0.4) is 0 Å². The molecule has 0 saturated carbocycles. The average Bonchev–Trinajstić information content (AvgIpc) is 3.27. The number of rotatable bonds is 10. The van der Waals surface area contributed by atoms with E-state index in [0.29, 0.717) is 0 Å². The van der Waals surface area contributed by atoms with Crippen LogP contribution in [0.1, 0.15) is 38.1 Å². The number of amides is 4. The van der Waals surface area contributed by atoms with Crippen molar-refractivity contribution in [2.24, 2.45) is 10.9 Å². The van der Waals surface area contributed by atoms with Crippen LogP contribution in [-0.2, 0) is 34.3 Å². The number of aromatic hydroxyl groups is 2. The van der Waals surface area contributed by atoms with Gasteiger partial charge in [-0.1, -0.05) is 11.2 Å². The molecule has 1 unspecified atom stereocenters. The Morgan fingerprint density at radius 1 is 1.25 bits per heavy atom. The number of primary amides is 1. The molecular formula is C21H25N7O10S2. The maximum Gasteiger partial charge on any atom is 0.362 e. The smallest absolute Gasteiger partial charge is 0.362 e. The van der Waals surface area contributed by atoms with Gasteiger partial charge in [-0.15, -0.1) is 11.3 Å². The van der Waals surface area contributed by atoms with Gasteiger partial charge in [0.25, 0.3) is 17.7 Å². The van der Waals surface area contributed by atoms with Gasteiger partial charge in [-0.3, -0.25) is 23.7 Å². The van der Waals surface area contributed by atoms with Crippen molar-refractivity contribution >= 4 is 56.1 Å². The first-order valence-corrected chi connectivity index (χ1v) is 13.4. The molecule has 2 aromatic rings. The van der Waals surface area contributed by atoms with Crippen molar-refractivity contribution in [2.75, 3.05) is 5.73 Å². The molecule has 3 atom stereocenters. The average molecular weight is 600 g/mol. The number of phenolic OH excluding ortho intramolecular Hbond substituents is 2. The van der Waals surface area contributed by atoms with Crippen LogP contribution in [0.2, 0.25) is 0 Å². The topological polar surface area (TPSA) is 277 Å². The number of nitrogens with two attached hydrogens (primary N) is 2. The third-order valence-electron chi connectivity index (χ3n) is 5.66. The highest BCUT2D eigenvalue weighted by Gasteiger charge is 2.51. The number of nitrogens with zero attached hydrogens (tertiary/aromatic N) is 3. The van der Waals surface area contributed by atoms with Crippen LogP contribution < -0.4 is 22.1 Å². The summed E-state index contributed by atoms with van der Waals surface area (Å²) in [5.74, 6) is -5.11. The summed E-state index contributed by atoms with van der Waals surface area (Å²) in [6.45, 7) is 3.75. The first-order chi connectivity index (χ1) is 18.4. The van der Waals surface area contributed by atoms with Gasteiger partial charge in [-0.05, 0) is 38.5 Å². The van der Waals surface area contributed by atoms with Crippen LogP contribution in [0.4, 0.5) is 5.13 Å². The summed E-state index contributed by atoms with van der Waals surface area (Å²) in [5.41, 5.74) is 8.58. The number of carbonyl (C=O) groups is 4. The molecule has 0 radical (unpaired) electrons. The van der Waals surface area contributed by atoms with Crippen molar-refractivity contribution in [3.8, 4) is 11.5 Å². The zero-order valence-corrected chi connectivity index (χ0v) is 22.7. The number of oxime groups is 1. The summed E-state index contributed by atoms with van der Waals surface area (Å²) < 4.78 is 32.0. The number of benzene rings is 1. The quantitative estimate of drug-likeness (QED) is 0.0540. The molecule has 1 aliphatic rings. The molecule has 1 aromatic carbocycles. The van der Waals surface area contributed by atoms with Gasteiger partial charge < -0.3 is 37.2 Å². The van der Waals surface area contributed by atoms with Gasteiger partial charge in [0.05, 0.1) is 6.04 Å². The fourth-order valence-corrected chi connectivity index (χ4v) is 4.89. The first-order valence-electron chi connectivity index (χ1n) is 11.1. The number of β-lactam (4-membered cyclic amide) rings is 1. The van der Waals surface area contributed by atoms with Gasteiger partial charge in [0, 0.05) is 5.38 Å². The molecule has 9 N–H and O–H groups in total. The minimum absolute atomic E-state index is 0.0413. The minimum atomic E-state index is -4.84. The minimum Gasteiger partial charge on any atom is -0.504 e. The van der Waals surface area contributed by atoms with Crippen LogP contribution in [0.25, 0.3) is 0 Å². The molecule has 0 aliphatic carbocycles. The highest BCUT2D eigenvalue weighted by molar-refractivity contribution is 7.84. The van der Waals surface area contributed by atoms with Gasteiger partial charge in [0.15, 0.2) is 22.3 Å². The molecular weight excluding hydrogens is 574 g/mol. The Bertz CT molecular complexity index is 1500. The van der Waals surface area contributed by atoms with Crippen molar-refractivity contribution in [3.05, 3.63) is 34.8 Å². The highest BCUT2D eigenvalue weighted by atomic mass is 32.2. The highest BCUT2D eigenvalue weighted by Crippen LogP contribution is 2.28. The number of nitrogens with one attached hydrogen (secondary N) is 2. The predicted octanol–water partition coefficient (Wildman–Crippen LogP) is -1.50. The third kappa shape index (κ3) is 6.21. The van der Waals surface area contributed by atoms with Gasteiger partial charge in [-0.25, -0.2) is 9.29 Å². The predicted molar refractivity (Wildman–Crippen MR) is 138 cm³/mol. The van der Waals surface area contributed by atoms with E-state index in [1.807, 2.05) is 0 Å². The fraction of sp³-hybridized carbons (Fsp3) is 0.333. The van der Waals surface area contributed by atoms with E-state index >= 15 is 0 Å². The Hall–Kier alpha value is -4.49. The van der Waals surface area contributed by atoms with Crippen LogP contribution in [-0.4, -0.2) is 79.5 Å². The van der Waals surface area contributed by atoms with Crippen molar-refractivity contribution < 1.29 is 47.2 Å². The Kier molecular flexibility index (Phi) is 8.22. The lowest BCUT2D eigenvalue weighted by atomic mass is 10.0. The maximum atomic E-state index is 13.0. The second kappa shape index (κ2) is 10.9. The molecule has 17 nitrogen and oxygen atoms in total. The van der Waals surface area contributed by atoms with Gasteiger partial charge in [0.2, 0.25) is 11.5 Å². The van der Waals surface area contributed by atoms with E-state index in [9.17, 15) is 37.8 Å².